The van der Waals surface area contributed by atoms with Crippen LogP contribution in [0.5, 0.6) is 0 Å². The fraction of sp³-hybridized carbons (Fsp3) is 0.571. The van der Waals surface area contributed by atoms with E-state index in [4.69, 9.17) is 0 Å². The van der Waals surface area contributed by atoms with Gasteiger partial charge in [-0.25, -0.2) is 4.39 Å². The minimum atomic E-state index is -0.0851. The Morgan fingerprint density at radius 3 is 3.00 bits per heavy atom. The molecule has 1 aromatic carbocycles. The number of nitrogens with zero attached hydrogens (tertiary/aromatic N) is 1. The lowest BCUT2D eigenvalue weighted by atomic mass is 10.1. The van der Waals surface area contributed by atoms with E-state index in [0.717, 1.165) is 30.8 Å². The summed E-state index contributed by atoms with van der Waals surface area (Å²) in [4.78, 5) is 2.25. The zero-order valence-electron chi connectivity index (χ0n) is 10.7. The molecule has 17 heavy (non-hydrogen) atoms. The highest BCUT2D eigenvalue weighted by Gasteiger charge is 2.26. The molecule has 94 valence electrons. The molecule has 1 unspecified atom stereocenters. The maximum Gasteiger partial charge on any atom is 0.146 e. The van der Waals surface area contributed by atoms with Gasteiger partial charge in [-0.1, -0.05) is 19.1 Å². The van der Waals surface area contributed by atoms with E-state index in [1.54, 1.807) is 12.1 Å². The third kappa shape index (κ3) is 2.44. The minimum absolute atomic E-state index is 0.0851. The Morgan fingerprint density at radius 1 is 1.47 bits per heavy atom. The Balaban J connectivity index is 2.35. The third-order valence-electron chi connectivity index (χ3n) is 3.57. The van der Waals surface area contributed by atoms with Gasteiger partial charge >= 0.3 is 0 Å². The Kier molecular flexibility index (Phi) is 4.00. The molecule has 1 aromatic rings. The maximum atomic E-state index is 14.1. The standard InChI is InChI=1S/C14H21FN2/c1-3-12-7-5-9-17(12)14-11(10-16-2)6-4-8-13(14)15/h4,6,8,12,16H,3,5,7,9-10H2,1-2H3. The van der Waals surface area contributed by atoms with Gasteiger partial charge in [0.25, 0.3) is 0 Å². The summed E-state index contributed by atoms with van der Waals surface area (Å²) in [6, 6.07) is 5.88. The van der Waals surface area contributed by atoms with E-state index in [2.05, 4.69) is 17.1 Å². The Labute approximate surface area is 103 Å². The summed E-state index contributed by atoms with van der Waals surface area (Å²) in [5.41, 5.74) is 1.87. The van der Waals surface area contributed by atoms with Gasteiger partial charge in [-0.15, -0.1) is 0 Å². The second-order valence-electron chi connectivity index (χ2n) is 4.68. The minimum Gasteiger partial charge on any atom is -0.366 e. The Bertz CT molecular complexity index is 378. The van der Waals surface area contributed by atoms with Gasteiger partial charge in [-0.3, -0.25) is 0 Å². The van der Waals surface area contributed by atoms with Gasteiger partial charge in [0.1, 0.15) is 5.82 Å². The molecule has 3 heteroatoms. The zero-order chi connectivity index (χ0) is 12.3. The molecule has 1 heterocycles. The van der Waals surface area contributed by atoms with Gasteiger partial charge in [-0.2, -0.15) is 0 Å². The molecule has 0 bridgehead atoms. The molecule has 1 fully saturated rings. The fourth-order valence-electron chi connectivity index (χ4n) is 2.77. The number of hydrogen-bond donors (Lipinski definition) is 1. The van der Waals surface area contributed by atoms with Crippen LogP contribution in [0.2, 0.25) is 0 Å². The predicted octanol–water partition coefficient (Wildman–Crippen LogP) is 2.92. The highest BCUT2D eigenvalue weighted by Crippen LogP contribution is 2.32. The van der Waals surface area contributed by atoms with E-state index in [1.807, 2.05) is 13.1 Å². The van der Waals surface area contributed by atoms with Crippen LogP contribution in [0.1, 0.15) is 31.7 Å². The van der Waals surface area contributed by atoms with Crippen LogP contribution >= 0.6 is 0 Å². The van der Waals surface area contributed by atoms with Crippen molar-refractivity contribution in [2.75, 3.05) is 18.5 Å². The lowest BCUT2D eigenvalue weighted by molar-refractivity contribution is 0.592. The lowest BCUT2D eigenvalue weighted by Crippen LogP contribution is -2.30. The van der Waals surface area contributed by atoms with Crippen LogP contribution in [-0.4, -0.2) is 19.6 Å². The van der Waals surface area contributed by atoms with Crippen molar-refractivity contribution < 1.29 is 4.39 Å². The summed E-state index contributed by atoms with van der Waals surface area (Å²) in [6.07, 6.45) is 3.45. The summed E-state index contributed by atoms with van der Waals surface area (Å²) in [5, 5.41) is 3.11. The second kappa shape index (κ2) is 5.50. The zero-order valence-corrected chi connectivity index (χ0v) is 10.7. The molecule has 2 nitrogen and oxygen atoms in total. The van der Waals surface area contributed by atoms with Crippen molar-refractivity contribution in [1.29, 1.82) is 0 Å². The molecular weight excluding hydrogens is 215 g/mol. The number of rotatable bonds is 4. The first-order valence-corrected chi connectivity index (χ1v) is 6.46. The van der Waals surface area contributed by atoms with Gasteiger partial charge < -0.3 is 10.2 Å². The molecule has 0 aliphatic carbocycles. The van der Waals surface area contributed by atoms with E-state index in [1.165, 1.54) is 12.8 Å². The molecule has 1 saturated heterocycles. The van der Waals surface area contributed by atoms with E-state index >= 15 is 0 Å². The van der Waals surface area contributed by atoms with Crippen LogP contribution in [0.4, 0.5) is 10.1 Å². The van der Waals surface area contributed by atoms with Crippen LogP contribution in [0.25, 0.3) is 0 Å². The lowest BCUT2D eigenvalue weighted by Gasteiger charge is -2.28. The highest BCUT2D eigenvalue weighted by atomic mass is 19.1. The number of halogens is 1. The number of para-hydroxylation sites is 1. The highest BCUT2D eigenvalue weighted by molar-refractivity contribution is 5.56. The van der Waals surface area contributed by atoms with Crippen molar-refractivity contribution in [3.05, 3.63) is 29.6 Å². The largest absolute Gasteiger partial charge is 0.366 e. The summed E-state index contributed by atoms with van der Waals surface area (Å²) >= 11 is 0. The normalized spacial score (nSPS) is 19.9. The van der Waals surface area contributed by atoms with Gasteiger partial charge in [0.2, 0.25) is 0 Å². The van der Waals surface area contributed by atoms with E-state index in [9.17, 15) is 4.39 Å². The molecule has 1 atom stereocenters. The summed E-state index contributed by atoms with van der Waals surface area (Å²) in [6.45, 7) is 3.89. The van der Waals surface area contributed by atoms with Gasteiger partial charge in [0.15, 0.2) is 0 Å². The summed E-state index contributed by atoms with van der Waals surface area (Å²) in [5.74, 6) is -0.0851. The van der Waals surface area contributed by atoms with Crippen LogP contribution in [-0.2, 0) is 6.54 Å². The smallest absolute Gasteiger partial charge is 0.146 e. The van der Waals surface area contributed by atoms with Crippen molar-refractivity contribution in [3.8, 4) is 0 Å². The molecule has 0 spiro atoms. The third-order valence-corrected chi connectivity index (χ3v) is 3.57. The quantitative estimate of drug-likeness (QED) is 0.864. The molecule has 1 N–H and O–H groups in total. The van der Waals surface area contributed by atoms with E-state index in [0.29, 0.717) is 6.04 Å². The van der Waals surface area contributed by atoms with Gasteiger partial charge in [0.05, 0.1) is 5.69 Å². The molecule has 0 saturated carbocycles. The monoisotopic (exact) mass is 236 g/mol. The molecule has 2 rings (SSSR count). The molecule has 0 aromatic heterocycles. The Morgan fingerprint density at radius 2 is 2.29 bits per heavy atom. The van der Waals surface area contributed by atoms with E-state index < -0.39 is 0 Å². The van der Waals surface area contributed by atoms with Crippen molar-refractivity contribution in [3.63, 3.8) is 0 Å². The average Bonchev–Trinajstić information content (AvgIpc) is 2.77. The summed E-state index contributed by atoms with van der Waals surface area (Å²) < 4.78 is 14.1. The SMILES string of the molecule is CCC1CCCN1c1c(F)cccc1CNC. The van der Waals surface area contributed by atoms with E-state index in [-0.39, 0.29) is 5.82 Å². The second-order valence-corrected chi connectivity index (χ2v) is 4.68. The molecule has 0 amide bonds. The molecule has 0 radical (unpaired) electrons. The average molecular weight is 236 g/mol. The molecule has 1 aliphatic heterocycles. The van der Waals surface area contributed by atoms with Crippen LogP contribution < -0.4 is 10.2 Å². The van der Waals surface area contributed by atoms with Crippen molar-refractivity contribution in [2.24, 2.45) is 0 Å². The number of benzene rings is 1. The topological polar surface area (TPSA) is 15.3 Å². The first kappa shape index (κ1) is 12.4. The van der Waals surface area contributed by atoms with Crippen LogP contribution in [0.3, 0.4) is 0 Å². The molecular formula is C14H21FN2. The number of nitrogens with one attached hydrogen (secondary N) is 1. The first-order chi connectivity index (χ1) is 8.27. The summed E-state index contributed by atoms with van der Waals surface area (Å²) in [7, 11) is 1.90. The number of hydrogen-bond acceptors (Lipinski definition) is 2. The predicted molar refractivity (Wildman–Crippen MR) is 69.8 cm³/mol. The Hall–Kier alpha value is -1.09. The van der Waals surface area contributed by atoms with Crippen molar-refractivity contribution >= 4 is 5.69 Å². The van der Waals surface area contributed by atoms with Crippen molar-refractivity contribution in [1.82, 2.24) is 5.32 Å². The van der Waals surface area contributed by atoms with Crippen LogP contribution in [0.15, 0.2) is 18.2 Å². The van der Waals surface area contributed by atoms with Crippen molar-refractivity contribution in [2.45, 2.75) is 38.8 Å². The first-order valence-electron chi connectivity index (χ1n) is 6.46. The van der Waals surface area contributed by atoms with Gasteiger partial charge in [-0.05, 0) is 37.9 Å². The molecule has 1 aliphatic rings. The fourth-order valence-corrected chi connectivity index (χ4v) is 2.77. The number of anilines is 1. The maximum absolute atomic E-state index is 14.1. The van der Waals surface area contributed by atoms with Crippen LogP contribution in [0, 0.1) is 5.82 Å². The van der Waals surface area contributed by atoms with Gasteiger partial charge in [0, 0.05) is 19.1 Å².